The number of nitro benzene ring substituents is 1. The summed E-state index contributed by atoms with van der Waals surface area (Å²) >= 11 is 0. The molecule has 1 rings (SSSR count). The minimum atomic E-state index is -0.378. The van der Waals surface area contributed by atoms with E-state index >= 15 is 0 Å². The van der Waals surface area contributed by atoms with Crippen LogP contribution in [-0.2, 0) is 6.54 Å². The fourth-order valence-electron chi connectivity index (χ4n) is 2.14. The molecule has 22 heavy (non-hydrogen) atoms. The molecule has 0 unspecified atom stereocenters. The summed E-state index contributed by atoms with van der Waals surface area (Å²) in [6.07, 6.45) is 0. The Morgan fingerprint density at radius 2 is 1.73 bits per heavy atom. The minimum Gasteiger partial charge on any atom is -0.493 e. The molecule has 1 aromatic rings. The average Bonchev–Trinajstić information content (AvgIpc) is 2.50. The number of likely N-dealkylation sites (N-methyl/N-ethyl adjacent to an activating group) is 2. The van der Waals surface area contributed by atoms with E-state index in [1.54, 1.807) is 6.07 Å². The van der Waals surface area contributed by atoms with Crippen LogP contribution in [0.1, 0.15) is 12.5 Å². The molecule has 0 aromatic heterocycles. The first-order chi connectivity index (χ1) is 10.4. The molecule has 0 saturated heterocycles. The fraction of sp³-hybridized carbons (Fsp3) is 0.600. The molecule has 0 saturated carbocycles. The number of methoxy groups -OCH3 is 2. The normalized spacial score (nSPS) is 11.0. The van der Waals surface area contributed by atoms with Gasteiger partial charge in [0.1, 0.15) is 0 Å². The smallest absolute Gasteiger partial charge is 0.277 e. The first kappa shape index (κ1) is 18.2. The van der Waals surface area contributed by atoms with Gasteiger partial charge < -0.3 is 14.4 Å². The van der Waals surface area contributed by atoms with Crippen molar-refractivity contribution in [3.05, 3.63) is 27.8 Å². The highest BCUT2D eigenvalue weighted by atomic mass is 16.6. The number of hydrogen-bond acceptors (Lipinski definition) is 6. The van der Waals surface area contributed by atoms with Crippen LogP contribution in [0.25, 0.3) is 0 Å². The van der Waals surface area contributed by atoms with Crippen LogP contribution in [0.2, 0.25) is 0 Å². The van der Waals surface area contributed by atoms with Gasteiger partial charge in [-0.25, -0.2) is 0 Å². The molecule has 0 amide bonds. The Hall–Kier alpha value is -1.86. The van der Waals surface area contributed by atoms with Crippen molar-refractivity contribution < 1.29 is 14.4 Å². The number of nitro groups is 1. The van der Waals surface area contributed by atoms with Crippen LogP contribution >= 0.6 is 0 Å². The lowest BCUT2D eigenvalue weighted by Gasteiger charge is -2.22. The third kappa shape index (κ3) is 4.85. The van der Waals surface area contributed by atoms with Crippen LogP contribution in [0.15, 0.2) is 12.1 Å². The molecule has 1 aromatic carbocycles. The standard InChI is InChI=1S/C15H25N3O4/c1-6-17(8-7-16(2)3)11-12-9-14(21-4)15(22-5)10-13(12)18(19)20/h9-10H,6-8,11H2,1-5H3. The van der Waals surface area contributed by atoms with Gasteiger partial charge in [0.05, 0.1) is 25.2 Å². The van der Waals surface area contributed by atoms with Gasteiger partial charge in [0.15, 0.2) is 11.5 Å². The summed E-state index contributed by atoms with van der Waals surface area (Å²) in [4.78, 5) is 15.2. The Kier molecular flexibility index (Phi) is 7.07. The van der Waals surface area contributed by atoms with Crippen molar-refractivity contribution in [1.82, 2.24) is 9.80 Å². The molecule has 0 heterocycles. The highest BCUT2D eigenvalue weighted by molar-refractivity contribution is 5.54. The van der Waals surface area contributed by atoms with E-state index in [2.05, 4.69) is 9.80 Å². The number of ether oxygens (including phenoxy) is 2. The van der Waals surface area contributed by atoms with Gasteiger partial charge in [0, 0.05) is 25.2 Å². The first-order valence-corrected chi connectivity index (χ1v) is 7.19. The van der Waals surface area contributed by atoms with Crippen molar-refractivity contribution in [3.63, 3.8) is 0 Å². The zero-order chi connectivity index (χ0) is 16.7. The quantitative estimate of drug-likeness (QED) is 0.513. The molecule has 0 aliphatic heterocycles. The van der Waals surface area contributed by atoms with Gasteiger partial charge in [-0.1, -0.05) is 6.92 Å². The Balaban J connectivity index is 3.07. The average molecular weight is 311 g/mol. The van der Waals surface area contributed by atoms with Crippen molar-refractivity contribution in [1.29, 1.82) is 0 Å². The summed E-state index contributed by atoms with van der Waals surface area (Å²) in [5, 5.41) is 11.3. The van der Waals surface area contributed by atoms with E-state index in [-0.39, 0.29) is 10.6 Å². The minimum absolute atomic E-state index is 0.0564. The summed E-state index contributed by atoms with van der Waals surface area (Å²) in [5.41, 5.74) is 0.684. The number of rotatable bonds is 9. The summed E-state index contributed by atoms with van der Waals surface area (Å²) in [7, 11) is 7.01. The number of hydrogen-bond donors (Lipinski definition) is 0. The van der Waals surface area contributed by atoms with E-state index in [0.717, 1.165) is 19.6 Å². The molecule has 124 valence electrons. The first-order valence-electron chi connectivity index (χ1n) is 7.19. The van der Waals surface area contributed by atoms with Crippen LogP contribution in [0, 0.1) is 10.1 Å². The van der Waals surface area contributed by atoms with E-state index in [0.29, 0.717) is 23.6 Å². The van der Waals surface area contributed by atoms with Crippen molar-refractivity contribution in [2.45, 2.75) is 13.5 Å². The Morgan fingerprint density at radius 1 is 1.14 bits per heavy atom. The van der Waals surface area contributed by atoms with Gasteiger partial charge in [0.2, 0.25) is 0 Å². The van der Waals surface area contributed by atoms with Crippen LogP contribution in [-0.4, -0.2) is 62.7 Å². The molecule has 0 N–H and O–H groups in total. The molecular formula is C15H25N3O4. The molecule has 0 spiro atoms. The Morgan fingerprint density at radius 3 is 2.18 bits per heavy atom. The zero-order valence-electron chi connectivity index (χ0n) is 14.0. The maximum atomic E-state index is 11.3. The lowest BCUT2D eigenvalue weighted by molar-refractivity contribution is -0.385. The van der Waals surface area contributed by atoms with Gasteiger partial charge in [0.25, 0.3) is 5.69 Å². The van der Waals surface area contributed by atoms with Crippen molar-refractivity contribution >= 4 is 5.69 Å². The predicted molar refractivity (Wildman–Crippen MR) is 85.7 cm³/mol. The van der Waals surface area contributed by atoms with Crippen LogP contribution in [0.3, 0.4) is 0 Å². The maximum Gasteiger partial charge on any atom is 0.277 e. The topological polar surface area (TPSA) is 68.1 Å². The third-order valence-corrected chi connectivity index (χ3v) is 3.49. The Bertz CT molecular complexity index is 506. The molecular weight excluding hydrogens is 286 g/mol. The van der Waals surface area contributed by atoms with Crippen LogP contribution in [0.4, 0.5) is 5.69 Å². The highest BCUT2D eigenvalue weighted by Crippen LogP contribution is 2.35. The lowest BCUT2D eigenvalue weighted by atomic mass is 10.1. The molecule has 0 aliphatic rings. The second-order valence-corrected chi connectivity index (χ2v) is 5.27. The van der Waals surface area contributed by atoms with E-state index < -0.39 is 0 Å². The summed E-state index contributed by atoms with van der Waals surface area (Å²) in [5.74, 6) is 0.876. The highest BCUT2D eigenvalue weighted by Gasteiger charge is 2.21. The van der Waals surface area contributed by atoms with Crippen molar-refractivity contribution in [2.75, 3.05) is 47.9 Å². The number of benzene rings is 1. The molecule has 0 aliphatic carbocycles. The molecule has 0 radical (unpaired) electrons. The predicted octanol–water partition coefficient (Wildman–Crippen LogP) is 2.00. The fourth-order valence-corrected chi connectivity index (χ4v) is 2.14. The summed E-state index contributed by atoms with van der Waals surface area (Å²) in [6.45, 7) is 5.10. The lowest BCUT2D eigenvalue weighted by Crippen LogP contribution is -2.31. The van der Waals surface area contributed by atoms with E-state index in [1.807, 2.05) is 21.0 Å². The van der Waals surface area contributed by atoms with Crippen LogP contribution < -0.4 is 9.47 Å². The molecule has 7 heteroatoms. The number of nitrogens with zero attached hydrogens (tertiary/aromatic N) is 3. The molecule has 0 bridgehead atoms. The summed E-state index contributed by atoms with van der Waals surface area (Å²) < 4.78 is 10.4. The van der Waals surface area contributed by atoms with Crippen molar-refractivity contribution in [3.8, 4) is 11.5 Å². The zero-order valence-corrected chi connectivity index (χ0v) is 14.0. The van der Waals surface area contributed by atoms with Gasteiger partial charge in [-0.2, -0.15) is 0 Å². The van der Waals surface area contributed by atoms with Gasteiger partial charge in [-0.15, -0.1) is 0 Å². The maximum absolute atomic E-state index is 11.3. The van der Waals surface area contributed by atoms with E-state index in [1.165, 1.54) is 20.3 Å². The Labute approximate surface area is 131 Å². The molecule has 7 nitrogen and oxygen atoms in total. The van der Waals surface area contributed by atoms with Gasteiger partial charge in [-0.05, 0) is 26.7 Å². The monoisotopic (exact) mass is 311 g/mol. The van der Waals surface area contributed by atoms with Gasteiger partial charge >= 0.3 is 0 Å². The molecule has 0 atom stereocenters. The second-order valence-electron chi connectivity index (χ2n) is 5.27. The van der Waals surface area contributed by atoms with Gasteiger partial charge in [-0.3, -0.25) is 15.0 Å². The molecule has 0 fully saturated rings. The SMILES string of the molecule is CCN(CCN(C)C)Cc1cc(OC)c(OC)cc1[N+](=O)[O-]. The third-order valence-electron chi connectivity index (χ3n) is 3.49. The summed E-state index contributed by atoms with van der Waals surface area (Å²) in [6, 6.07) is 3.11. The largest absolute Gasteiger partial charge is 0.493 e. The van der Waals surface area contributed by atoms with Crippen LogP contribution in [0.5, 0.6) is 11.5 Å². The van der Waals surface area contributed by atoms with E-state index in [9.17, 15) is 10.1 Å². The van der Waals surface area contributed by atoms with E-state index in [4.69, 9.17) is 9.47 Å². The second kappa shape index (κ2) is 8.55. The van der Waals surface area contributed by atoms with Crippen molar-refractivity contribution in [2.24, 2.45) is 0 Å².